The van der Waals surface area contributed by atoms with Crippen molar-refractivity contribution in [3.8, 4) is 0 Å². The van der Waals surface area contributed by atoms with E-state index in [2.05, 4.69) is 51.9 Å². The molecule has 1 aliphatic rings. The molecule has 2 rings (SSSR count). The second-order valence-electron chi connectivity index (χ2n) is 4.64. The van der Waals surface area contributed by atoms with Crippen LogP contribution in [-0.4, -0.2) is 56.7 Å². The van der Waals surface area contributed by atoms with Gasteiger partial charge in [-0.25, -0.2) is 0 Å². The molecular formula is C15H26N2O. The molecule has 0 amide bonds. The molecule has 1 heterocycles. The van der Waals surface area contributed by atoms with Gasteiger partial charge in [0, 0.05) is 46.4 Å². The molecule has 102 valence electrons. The molecule has 0 atom stereocenters. The molecule has 0 unspecified atom stereocenters. The molecule has 0 N–H and O–H groups in total. The van der Waals surface area contributed by atoms with E-state index < -0.39 is 0 Å². The Balaban J connectivity index is 0.000000357. The average molecular weight is 250 g/mol. The normalized spacial score (nSPS) is 17.1. The van der Waals surface area contributed by atoms with E-state index in [1.165, 1.54) is 31.7 Å². The van der Waals surface area contributed by atoms with Crippen LogP contribution in [0.2, 0.25) is 0 Å². The molecule has 3 heteroatoms. The van der Waals surface area contributed by atoms with Crippen molar-refractivity contribution in [2.24, 2.45) is 0 Å². The smallest absolute Gasteiger partial charge is 0.0433 e. The van der Waals surface area contributed by atoms with Gasteiger partial charge in [0.05, 0.1) is 0 Å². The Morgan fingerprint density at radius 3 is 2.11 bits per heavy atom. The minimum absolute atomic E-state index is 0.819. The largest absolute Gasteiger partial charge is 0.385 e. The predicted octanol–water partition coefficient (Wildman–Crippen LogP) is 2.09. The molecule has 3 nitrogen and oxygen atoms in total. The fourth-order valence-electron chi connectivity index (χ4n) is 1.85. The van der Waals surface area contributed by atoms with Gasteiger partial charge in [0.15, 0.2) is 0 Å². The molecule has 0 spiro atoms. The maximum atomic E-state index is 4.54. The SMILES string of the molecule is CCOC.CN1CCN(Cc2ccccc2)CC1. The minimum Gasteiger partial charge on any atom is -0.385 e. The summed E-state index contributed by atoms with van der Waals surface area (Å²) in [6.45, 7) is 8.69. The van der Waals surface area contributed by atoms with Gasteiger partial charge >= 0.3 is 0 Å². The second-order valence-corrected chi connectivity index (χ2v) is 4.64. The molecule has 1 aromatic rings. The van der Waals surface area contributed by atoms with Crippen LogP contribution < -0.4 is 0 Å². The summed E-state index contributed by atoms with van der Waals surface area (Å²) < 4.78 is 4.54. The molecular weight excluding hydrogens is 224 g/mol. The van der Waals surface area contributed by atoms with E-state index in [9.17, 15) is 0 Å². The van der Waals surface area contributed by atoms with Crippen molar-refractivity contribution in [3.05, 3.63) is 35.9 Å². The number of hydrogen-bond donors (Lipinski definition) is 0. The van der Waals surface area contributed by atoms with Crippen molar-refractivity contribution in [2.45, 2.75) is 13.5 Å². The summed E-state index contributed by atoms with van der Waals surface area (Å²) in [4.78, 5) is 4.91. The lowest BCUT2D eigenvalue weighted by Crippen LogP contribution is -2.43. The van der Waals surface area contributed by atoms with Gasteiger partial charge in [0.1, 0.15) is 0 Å². The Morgan fingerprint density at radius 2 is 1.61 bits per heavy atom. The summed E-state index contributed by atoms with van der Waals surface area (Å²) in [5.41, 5.74) is 1.43. The third-order valence-corrected chi connectivity index (χ3v) is 3.13. The van der Waals surface area contributed by atoms with Gasteiger partial charge in [0.25, 0.3) is 0 Å². The molecule has 0 radical (unpaired) electrons. The molecule has 1 saturated heterocycles. The first kappa shape index (κ1) is 15.2. The summed E-state index contributed by atoms with van der Waals surface area (Å²) in [6, 6.07) is 10.7. The van der Waals surface area contributed by atoms with Crippen LogP contribution in [0.1, 0.15) is 12.5 Å². The Bertz CT molecular complexity index is 293. The lowest BCUT2D eigenvalue weighted by molar-refractivity contribution is 0.148. The van der Waals surface area contributed by atoms with Crippen LogP contribution in [0.4, 0.5) is 0 Å². The highest BCUT2D eigenvalue weighted by Gasteiger charge is 2.13. The maximum absolute atomic E-state index is 4.54. The number of benzene rings is 1. The zero-order chi connectivity index (χ0) is 13.2. The van der Waals surface area contributed by atoms with Crippen molar-refractivity contribution in [2.75, 3.05) is 46.9 Å². The third kappa shape index (κ3) is 6.15. The fourth-order valence-corrected chi connectivity index (χ4v) is 1.85. The molecule has 0 saturated carbocycles. The number of methoxy groups -OCH3 is 1. The lowest BCUT2D eigenvalue weighted by atomic mass is 10.2. The molecule has 0 aromatic heterocycles. The number of rotatable bonds is 3. The summed E-state index contributed by atoms with van der Waals surface area (Å²) >= 11 is 0. The standard InChI is InChI=1S/C12H18N2.C3H8O/c1-13-7-9-14(10-8-13)11-12-5-3-2-4-6-12;1-3-4-2/h2-6H,7-11H2,1H3;3H2,1-2H3. The van der Waals surface area contributed by atoms with Gasteiger partial charge in [0.2, 0.25) is 0 Å². The molecule has 1 aliphatic heterocycles. The van der Waals surface area contributed by atoms with Crippen LogP contribution in [0.3, 0.4) is 0 Å². The van der Waals surface area contributed by atoms with Crippen LogP contribution >= 0.6 is 0 Å². The van der Waals surface area contributed by atoms with Crippen LogP contribution in [0.15, 0.2) is 30.3 Å². The summed E-state index contributed by atoms with van der Waals surface area (Å²) in [5.74, 6) is 0. The molecule has 0 bridgehead atoms. The first-order valence-electron chi connectivity index (χ1n) is 6.70. The minimum atomic E-state index is 0.819. The quantitative estimate of drug-likeness (QED) is 0.817. The van der Waals surface area contributed by atoms with Crippen LogP contribution in [0.25, 0.3) is 0 Å². The van der Waals surface area contributed by atoms with Gasteiger partial charge < -0.3 is 9.64 Å². The summed E-state index contributed by atoms with van der Waals surface area (Å²) in [5, 5.41) is 0. The Kier molecular flexibility index (Phi) is 7.65. The highest BCUT2D eigenvalue weighted by Crippen LogP contribution is 2.06. The van der Waals surface area contributed by atoms with Crippen molar-refractivity contribution >= 4 is 0 Å². The van der Waals surface area contributed by atoms with E-state index in [-0.39, 0.29) is 0 Å². The fraction of sp³-hybridized carbons (Fsp3) is 0.600. The summed E-state index contributed by atoms with van der Waals surface area (Å²) in [7, 11) is 3.87. The number of hydrogen-bond acceptors (Lipinski definition) is 3. The van der Waals surface area contributed by atoms with Gasteiger partial charge in [-0.1, -0.05) is 30.3 Å². The first-order chi connectivity index (χ1) is 8.76. The number of piperazine rings is 1. The monoisotopic (exact) mass is 250 g/mol. The average Bonchev–Trinajstić information content (AvgIpc) is 2.43. The lowest BCUT2D eigenvalue weighted by Gasteiger charge is -2.32. The van der Waals surface area contributed by atoms with Crippen molar-refractivity contribution in [1.29, 1.82) is 0 Å². The Hall–Kier alpha value is -0.900. The van der Waals surface area contributed by atoms with Gasteiger partial charge in [-0.05, 0) is 19.5 Å². The molecule has 0 aliphatic carbocycles. The second kappa shape index (κ2) is 9.09. The van der Waals surface area contributed by atoms with E-state index in [0.29, 0.717) is 0 Å². The number of ether oxygens (including phenoxy) is 1. The van der Waals surface area contributed by atoms with E-state index in [1.807, 2.05) is 6.92 Å². The van der Waals surface area contributed by atoms with Gasteiger partial charge in [-0.2, -0.15) is 0 Å². The Labute approximate surface area is 111 Å². The molecule has 1 aromatic carbocycles. The third-order valence-electron chi connectivity index (χ3n) is 3.13. The van der Waals surface area contributed by atoms with Crippen molar-refractivity contribution in [1.82, 2.24) is 9.80 Å². The van der Waals surface area contributed by atoms with E-state index >= 15 is 0 Å². The zero-order valence-electron chi connectivity index (χ0n) is 11.9. The maximum Gasteiger partial charge on any atom is 0.0433 e. The van der Waals surface area contributed by atoms with E-state index in [1.54, 1.807) is 7.11 Å². The predicted molar refractivity (Wildman–Crippen MR) is 76.8 cm³/mol. The highest BCUT2D eigenvalue weighted by molar-refractivity contribution is 5.14. The van der Waals surface area contributed by atoms with Gasteiger partial charge in [-0.15, -0.1) is 0 Å². The van der Waals surface area contributed by atoms with Crippen molar-refractivity contribution < 1.29 is 4.74 Å². The highest BCUT2D eigenvalue weighted by atomic mass is 16.5. The topological polar surface area (TPSA) is 15.7 Å². The van der Waals surface area contributed by atoms with Crippen LogP contribution in [0, 0.1) is 0 Å². The molecule has 1 fully saturated rings. The zero-order valence-corrected chi connectivity index (χ0v) is 11.9. The van der Waals surface area contributed by atoms with Crippen LogP contribution in [0.5, 0.6) is 0 Å². The summed E-state index contributed by atoms with van der Waals surface area (Å²) in [6.07, 6.45) is 0. The Morgan fingerprint density at radius 1 is 1.06 bits per heavy atom. The molecule has 18 heavy (non-hydrogen) atoms. The van der Waals surface area contributed by atoms with Crippen molar-refractivity contribution in [3.63, 3.8) is 0 Å². The van der Waals surface area contributed by atoms with E-state index in [0.717, 1.165) is 13.2 Å². The first-order valence-corrected chi connectivity index (χ1v) is 6.70. The van der Waals surface area contributed by atoms with Crippen LogP contribution in [-0.2, 0) is 11.3 Å². The van der Waals surface area contributed by atoms with E-state index in [4.69, 9.17) is 0 Å². The van der Waals surface area contributed by atoms with Gasteiger partial charge in [-0.3, -0.25) is 4.90 Å². The number of likely N-dealkylation sites (N-methyl/N-ethyl adjacent to an activating group) is 1. The number of nitrogens with zero attached hydrogens (tertiary/aromatic N) is 2.